The SMILES string of the molecule is Cc1nc(COc2ccc(C(=O)N3CCN(S(=O)(=O)c4sc(=O)[nH]c4C)CC3)cc2)no1. The Kier molecular flexibility index (Phi) is 6.13. The van der Waals surface area contributed by atoms with Crippen molar-refractivity contribution >= 4 is 27.3 Å². The minimum absolute atomic E-state index is 0.0221. The second kappa shape index (κ2) is 8.84. The van der Waals surface area contributed by atoms with Crippen molar-refractivity contribution in [2.75, 3.05) is 26.2 Å². The zero-order valence-electron chi connectivity index (χ0n) is 17.4. The molecule has 0 radical (unpaired) electrons. The summed E-state index contributed by atoms with van der Waals surface area (Å²) in [5.41, 5.74) is 0.805. The Morgan fingerprint density at radius 3 is 2.44 bits per heavy atom. The van der Waals surface area contributed by atoms with Crippen molar-refractivity contribution in [1.82, 2.24) is 24.3 Å². The van der Waals surface area contributed by atoms with Gasteiger partial charge in [0.1, 0.15) is 5.75 Å². The van der Waals surface area contributed by atoms with Gasteiger partial charge in [-0.15, -0.1) is 0 Å². The molecular formula is C19H21N5O6S2. The maximum Gasteiger partial charge on any atom is 0.305 e. The summed E-state index contributed by atoms with van der Waals surface area (Å²) in [6, 6.07) is 6.67. The first kappa shape index (κ1) is 22.2. The first-order valence-electron chi connectivity index (χ1n) is 9.75. The molecule has 13 heteroatoms. The number of H-pyrrole nitrogens is 1. The Labute approximate surface area is 187 Å². The molecule has 1 N–H and O–H groups in total. The molecule has 1 aliphatic heterocycles. The van der Waals surface area contributed by atoms with Gasteiger partial charge in [-0.3, -0.25) is 9.59 Å². The fraction of sp³-hybridized carbons (Fsp3) is 0.368. The largest absolute Gasteiger partial charge is 0.485 e. The number of sulfonamides is 1. The Balaban J connectivity index is 1.35. The van der Waals surface area contributed by atoms with Crippen LogP contribution >= 0.6 is 11.3 Å². The van der Waals surface area contributed by atoms with Gasteiger partial charge in [0.05, 0.1) is 0 Å². The Bertz CT molecular complexity index is 1270. The quantitative estimate of drug-likeness (QED) is 0.556. The van der Waals surface area contributed by atoms with Crippen molar-refractivity contribution in [2.45, 2.75) is 24.7 Å². The predicted octanol–water partition coefficient (Wildman–Crippen LogP) is 1.16. The highest BCUT2D eigenvalue weighted by molar-refractivity contribution is 7.91. The number of hydrogen-bond donors (Lipinski definition) is 1. The van der Waals surface area contributed by atoms with Gasteiger partial charge in [0.15, 0.2) is 10.8 Å². The number of nitrogens with zero attached hydrogens (tertiary/aromatic N) is 4. The van der Waals surface area contributed by atoms with Crippen LogP contribution in [0.4, 0.5) is 0 Å². The van der Waals surface area contributed by atoms with Gasteiger partial charge in [-0.1, -0.05) is 16.5 Å². The molecule has 1 saturated heterocycles. The second-order valence-electron chi connectivity index (χ2n) is 7.17. The third kappa shape index (κ3) is 4.59. The number of nitrogens with one attached hydrogen (secondary N) is 1. The number of amides is 1. The van der Waals surface area contributed by atoms with Crippen LogP contribution in [-0.4, -0.2) is 64.8 Å². The highest BCUT2D eigenvalue weighted by atomic mass is 32.2. The van der Waals surface area contributed by atoms with E-state index in [0.29, 0.717) is 40.1 Å². The molecule has 1 aromatic carbocycles. The highest BCUT2D eigenvalue weighted by Gasteiger charge is 2.32. The number of carbonyl (C=O) groups excluding carboxylic acids is 1. The predicted molar refractivity (Wildman–Crippen MR) is 114 cm³/mol. The average molecular weight is 480 g/mol. The van der Waals surface area contributed by atoms with Crippen LogP contribution in [0.15, 0.2) is 37.8 Å². The van der Waals surface area contributed by atoms with Gasteiger partial charge in [-0.05, 0) is 31.2 Å². The highest BCUT2D eigenvalue weighted by Crippen LogP contribution is 2.23. The zero-order valence-corrected chi connectivity index (χ0v) is 19.0. The maximum absolute atomic E-state index is 12.8. The topological polar surface area (TPSA) is 139 Å². The molecule has 0 spiro atoms. The van der Waals surface area contributed by atoms with Crippen LogP contribution in [0.2, 0.25) is 0 Å². The minimum Gasteiger partial charge on any atom is -0.485 e. The fourth-order valence-electron chi connectivity index (χ4n) is 3.31. The van der Waals surface area contributed by atoms with Gasteiger partial charge in [0.2, 0.25) is 11.7 Å². The first-order valence-corrected chi connectivity index (χ1v) is 12.0. The number of benzene rings is 1. The molecule has 0 aliphatic carbocycles. The third-order valence-corrected chi connectivity index (χ3v) is 8.40. The molecule has 1 aliphatic rings. The van der Waals surface area contributed by atoms with Gasteiger partial charge in [-0.25, -0.2) is 8.42 Å². The average Bonchev–Trinajstić information content (AvgIpc) is 3.36. The number of aromatic nitrogens is 3. The normalized spacial score (nSPS) is 15.1. The smallest absolute Gasteiger partial charge is 0.305 e. The van der Waals surface area contributed by atoms with Crippen LogP contribution in [0.5, 0.6) is 5.75 Å². The van der Waals surface area contributed by atoms with Crippen molar-refractivity contribution in [3.05, 3.63) is 56.9 Å². The summed E-state index contributed by atoms with van der Waals surface area (Å²) in [5.74, 6) is 1.25. The van der Waals surface area contributed by atoms with Crippen molar-refractivity contribution in [3.8, 4) is 5.75 Å². The van der Waals surface area contributed by atoms with Gasteiger partial charge in [0.25, 0.3) is 15.9 Å². The fourth-order valence-corrected chi connectivity index (χ4v) is 6.17. The van der Waals surface area contributed by atoms with Gasteiger partial charge in [-0.2, -0.15) is 9.29 Å². The Morgan fingerprint density at radius 1 is 1.19 bits per heavy atom. The van der Waals surface area contributed by atoms with E-state index >= 15 is 0 Å². The van der Waals surface area contributed by atoms with E-state index in [4.69, 9.17) is 9.26 Å². The molecule has 0 unspecified atom stereocenters. The summed E-state index contributed by atoms with van der Waals surface area (Å²) in [6.07, 6.45) is 0. The van der Waals surface area contributed by atoms with E-state index in [9.17, 15) is 18.0 Å². The molecule has 2 aromatic heterocycles. The summed E-state index contributed by atoms with van der Waals surface area (Å²) in [7, 11) is -3.77. The number of rotatable bonds is 6. The van der Waals surface area contributed by atoms with Crippen molar-refractivity contribution < 1.29 is 22.5 Å². The third-order valence-electron chi connectivity index (χ3n) is 4.92. The molecule has 1 amide bonds. The summed E-state index contributed by atoms with van der Waals surface area (Å²) in [5, 5.41) is 3.75. The molecular weight excluding hydrogens is 458 g/mol. The van der Waals surface area contributed by atoms with Gasteiger partial charge >= 0.3 is 4.87 Å². The van der Waals surface area contributed by atoms with Crippen LogP contribution < -0.4 is 9.61 Å². The number of ether oxygens (including phenoxy) is 1. The summed E-state index contributed by atoms with van der Waals surface area (Å²) >= 11 is 0.678. The number of aromatic amines is 1. The van der Waals surface area contributed by atoms with Crippen LogP contribution in [0.1, 0.15) is 27.8 Å². The van der Waals surface area contributed by atoms with E-state index in [2.05, 4.69) is 15.1 Å². The standard InChI is InChI=1S/C19H21N5O6S2/c1-12-18(31-19(26)20-12)32(27,28)24-9-7-23(8-10-24)17(25)14-3-5-15(6-4-14)29-11-16-21-13(2)30-22-16/h3-6H,7-11H2,1-2H3,(H,20,26). The summed E-state index contributed by atoms with van der Waals surface area (Å²) in [6.45, 7) is 4.22. The summed E-state index contributed by atoms with van der Waals surface area (Å²) < 4.78 is 37.4. The Hall–Kier alpha value is -3.03. The van der Waals surface area contributed by atoms with Crippen molar-refractivity contribution in [1.29, 1.82) is 0 Å². The molecule has 3 aromatic rings. The monoisotopic (exact) mass is 479 g/mol. The lowest BCUT2D eigenvalue weighted by molar-refractivity contribution is 0.0698. The molecule has 4 rings (SSSR count). The molecule has 0 atom stereocenters. The van der Waals surface area contributed by atoms with E-state index in [1.54, 1.807) is 43.0 Å². The van der Waals surface area contributed by atoms with E-state index in [-0.39, 0.29) is 42.9 Å². The number of piperazine rings is 1. The Morgan fingerprint density at radius 2 is 1.88 bits per heavy atom. The minimum atomic E-state index is -3.77. The van der Waals surface area contributed by atoms with E-state index < -0.39 is 14.9 Å². The second-order valence-corrected chi connectivity index (χ2v) is 10.3. The first-order chi connectivity index (χ1) is 15.2. The summed E-state index contributed by atoms with van der Waals surface area (Å²) in [4.78, 5) is 32.1. The molecule has 11 nitrogen and oxygen atoms in total. The number of carbonyl (C=O) groups is 1. The van der Waals surface area contributed by atoms with E-state index in [0.717, 1.165) is 0 Å². The molecule has 0 saturated carbocycles. The maximum atomic E-state index is 12.8. The van der Waals surface area contributed by atoms with Crippen molar-refractivity contribution in [2.24, 2.45) is 0 Å². The van der Waals surface area contributed by atoms with Crippen LogP contribution in [0.25, 0.3) is 0 Å². The van der Waals surface area contributed by atoms with Gasteiger partial charge in [0, 0.05) is 44.4 Å². The molecule has 32 heavy (non-hydrogen) atoms. The van der Waals surface area contributed by atoms with Crippen LogP contribution in [0, 0.1) is 13.8 Å². The number of aryl methyl sites for hydroxylation is 2. The lowest BCUT2D eigenvalue weighted by Crippen LogP contribution is -2.50. The van der Waals surface area contributed by atoms with Crippen LogP contribution in [-0.2, 0) is 16.6 Å². The molecule has 0 bridgehead atoms. The molecule has 3 heterocycles. The van der Waals surface area contributed by atoms with Crippen molar-refractivity contribution in [3.63, 3.8) is 0 Å². The van der Waals surface area contributed by atoms with Gasteiger partial charge < -0.3 is 19.1 Å². The van der Waals surface area contributed by atoms with Crippen LogP contribution in [0.3, 0.4) is 0 Å². The van der Waals surface area contributed by atoms with E-state index in [1.807, 2.05) is 0 Å². The lowest BCUT2D eigenvalue weighted by Gasteiger charge is -2.33. The molecule has 1 fully saturated rings. The zero-order chi connectivity index (χ0) is 22.9. The lowest BCUT2D eigenvalue weighted by atomic mass is 10.2. The van der Waals surface area contributed by atoms with E-state index in [1.165, 1.54) is 4.31 Å². The molecule has 170 valence electrons. The number of thiazole rings is 1. The number of hydrogen-bond acceptors (Lipinski definition) is 9.